The Hall–Kier alpha value is -1.97. The molecule has 4 heteroatoms. The first kappa shape index (κ1) is 14.1. The van der Waals surface area contributed by atoms with Crippen LogP contribution in [0.4, 0.5) is 8.78 Å². The fraction of sp³-hybridized carbons (Fsp3) is 0.214. The van der Waals surface area contributed by atoms with Crippen LogP contribution in [-0.2, 0) is 15.1 Å². The van der Waals surface area contributed by atoms with E-state index in [-0.39, 0.29) is 11.1 Å². The highest BCUT2D eigenvalue weighted by molar-refractivity contribution is 5.87. The molecule has 0 bridgehead atoms. The number of hydrogen-bond acceptors (Lipinski definition) is 2. The lowest BCUT2D eigenvalue weighted by molar-refractivity contribution is -0.149. The molecule has 0 aliphatic carbocycles. The predicted molar refractivity (Wildman–Crippen MR) is 64.8 cm³/mol. The van der Waals surface area contributed by atoms with Crippen LogP contribution in [0.5, 0.6) is 0 Å². The molecule has 0 fully saturated rings. The summed E-state index contributed by atoms with van der Waals surface area (Å²) in [6, 6.07) is 2.93. The molecule has 1 atom stereocenters. The molecule has 1 aromatic carbocycles. The van der Waals surface area contributed by atoms with Crippen molar-refractivity contribution >= 4 is 5.97 Å². The van der Waals surface area contributed by atoms with Crippen molar-refractivity contribution in [3.05, 3.63) is 60.2 Å². The SMILES string of the molecule is C=CC(C)(OC(=O)C(=C)C)c1cc(F)cc(F)c1. The van der Waals surface area contributed by atoms with Gasteiger partial charge in [0.25, 0.3) is 0 Å². The van der Waals surface area contributed by atoms with Crippen molar-refractivity contribution < 1.29 is 18.3 Å². The summed E-state index contributed by atoms with van der Waals surface area (Å²) in [5.41, 5.74) is -0.941. The maximum absolute atomic E-state index is 13.2. The van der Waals surface area contributed by atoms with Gasteiger partial charge in [0.2, 0.25) is 0 Å². The van der Waals surface area contributed by atoms with Gasteiger partial charge in [0.15, 0.2) is 5.60 Å². The van der Waals surface area contributed by atoms with Crippen LogP contribution in [0.2, 0.25) is 0 Å². The average molecular weight is 252 g/mol. The van der Waals surface area contributed by atoms with Gasteiger partial charge in [-0.25, -0.2) is 13.6 Å². The Morgan fingerprint density at radius 2 is 1.83 bits per heavy atom. The van der Waals surface area contributed by atoms with Crippen molar-refractivity contribution in [3.63, 3.8) is 0 Å². The summed E-state index contributed by atoms with van der Waals surface area (Å²) in [4.78, 5) is 11.5. The molecule has 0 aliphatic heterocycles. The van der Waals surface area contributed by atoms with E-state index in [2.05, 4.69) is 13.2 Å². The van der Waals surface area contributed by atoms with E-state index in [9.17, 15) is 13.6 Å². The Morgan fingerprint density at radius 3 is 2.22 bits per heavy atom. The van der Waals surface area contributed by atoms with Gasteiger partial charge in [-0.15, -0.1) is 0 Å². The van der Waals surface area contributed by atoms with E-state index in [0.717, 1.165) is 18.2 Å². The molecule has 0 N–H and O–H groups in total. The smallest absolute Gasteiger partial charge is 0.334 e. The molecule has 0 radical (unpaired) electrons. The average Bonchev–Trinajstić information content (AvgIpc) is 2.27. The van der Waals surface area contributed by atoms with Gasteiger partial charge in [-0.3, -0.25) is 0 Å². The minimum atomic E-state index is -1.31. The zero-order valence-electron chi connectivity index (χ0n) is 10.3. The van der Waals surface area contributed by atoms with Crippen LogP contribution in [-0.4, -0.2) is 5.97 Å². The number of carbonyl (C=O) groups excluding carboxylic acids is 1. The number of halogens is 2. The molecular weight excluding hydrogens is 238 g/mol. The molecule has 96 valence electrons. The van der Waals surface area contributed by atoms with Gasteiger partial charge in [0.05, 0.1) is 0 Å². The number of ether oxygens (including phenoxy) is 1. The van der Waals surface area contributed by atoms with Crippen molar-refractivity contribution in [2.24, 2.45) is 0 Å². The summed E-state index contributed by atoms with van der Waals surface area (Å²) in [5, 5.41) is 0. The second kappa shape index (κ2) is 5.12. The summed E-state index contributed by atoms with van der Waals surface area (Å²) >= 11 is 0. The normalized spacial score (nSPS) is 13.6. The molecule has 2 nitrogen and oxygen atoms in total. The quantitative estimate of drug-likeness (QED) is 0.466. The maximum Gasteiger partial charge on any atom is 0.334 e. The zero-order valence-corrected chi connectivity index (χ0v) is 10.3. The largest absolute Gasteiger partial charge is 0.447 e. The molecular formula is C14H14F2O2. The zero-order chi connectivity index (χ0) is 13.9. The molecule has 0 amide bonds. The lowest BCUT2D eigenvalue weighted by atomic mass is 9.95. The molecule has 0 saturated carbocycles. The number of carbonyl (C=O) groups is 1. The number of hydrogen-bond donors (Lipinski definition) is 0. The third-order valence-corrected chi connectivity index (χ3v) is 2.48. The lowest BCUT2D eigenvalue weighted by Gasteiger charge is -2.26. The fourth-order valence-electron chi connectivity index (χ4n) is 1.34. The molecule has 18 heavy (non-hydrogen) atoms. The van der Waals surface area contributed by atoms with Crippen molar-refractivity contribution in [1.82, 2.24) is 0 Å². The molecule has 1 unspecified atom stereocenters. The van der Waals surface area contributed by atoms with Crippen molar-refractivity contribution in [2.45, 2.75) is 19.4 Å². The minimum Gasteiger partial charge on any atom is -0.447 e. The molecule has 0 aromatic heterocycles. The van der Waals surface area contributed by atoms with Gasteiger partial charge in [0.1, 0.15) is 11.6 Å². The van der Waals surface area contributed by atoms with Crippen LogP contribution in [0.1, 0.15) is 19.4 Å². The van der Waals surface area contributed by atoms with Crippen molar-refractivity contribution in [2.75, 3.05) is 0 Å². The second-order valence-corrected chi connectivity index (χ2v) is 4.14. The topological polar surface area (TPSA) is 26.3 Å². The summed E-state index contributed by atoms with van der Waals surface area (Å²) in [7, 11) is 0. The predicted octanol–water partition coefficient (Wildman–Crippen LogP) is 3.49. The van der Waals surface area contributed by atoms with Crippen LogP contribution in [0.25, 0.3) is 0 Å². The van der Waals surface area contributed by atoms with Crippen LogP contribution in [0, 0.1) is 11.6 Å². The number of esters is 1. The van der Waals surface area contributed by atoms with E-state index in [1.54, 1.807) is 0 Å². The van der Waals surface area contributed by atoms with Gasteiger partial charge < -0.3 is 4.74 Å². The van der Waals surface area contributed by atoms with Gasteiger partial charge in [-0.05, 0) is 32.1 Å². The fourth-order valence-corrected chi connectivity index (χ4v) is 1.34. The van der Waals surface area contributed by atoms with Gasteiger partial charge in [-0.2, -0.15) is 0 Å². The highest BCUT2D eigenvalue weighted by atomic mass is 19.1. The monoisotopic (exact) mass is 252 g/mol. The summed E-state index contributed by atoms with van der Waals surface area (Å²) in [6.45, 7) is 9.95. The summed E-state index contributed by atoms with van der Waals surface area (Å²) in [6.07, 6.45) is 1.31. The Labute approximate surface area is 105 Å². The maximum atomic E-state index is 13.2. The molecule has 0 saturated heterocycles. The van der Waals surface area contributed by atoms with Crippen LogP contribution < -0.4 is 0 Å². The first-order valence-corrected chi connectivity index (χ1v) is 5.27. The Kier molecular flexibility index (Phi) is 4.01. The Bertz CT molecular complexity index is 488. The van der Waals surface area contributed by atoms with E-state index in [1.165, 1.54) is 19.9 Å². The number of rotatable bonds is 4. The molecule has 0 spiro atoms. The van der Waals surface area contributed by atoms with E-state index in [0.29, 0.717) is 0 Å². The van der Waals surface area contributed by atoms with Crippen LogP contribution in [0.3, 0.4) is 0 Å². The van der Waals surface area contributed by atoms with E-state index in [4.69, 9.17) is 4.74 Å². The van der Waals surface area contributed by atoms with Gasteiger partial charge in [0, 0.05) is 17.2 Å². The number of benzene rings is 1. The first-order chi connectivity index (χ1) is 8.28. The van der Waals surface area contributed by atoms with Gasteiger partial charge in [-0.1, -0.05) is 13.2 Å². The summed E-state index contributed by atoms with van der Waals surface area (Å²) < 4.78 is 31.5. The third-order valence-electron chi connectivity index (χ3n) is 2.48. The van der Waals surface area contributed by atoms with E-state index >= 15 is 0 Å². The Balaban J connectivity index is 3.18. The molecule has 0 heterocycles. The third kappa shape index (κ3) is 3.03. The van der Waals surface area contributed by atoms with Crippen LogP contribution in [0.15, 0.2) is 43.0 Å². The highest BCUT2D eigenvalue weighted by Crippen LogP contribution is 2.28. The molecule has 1 rings (SSSR count). The van der Waals surface area contributed by atoms with Gasteiger partial charge >= 0.3 is 5.97 Å². The highest BCUT2D eigenvalue weighted by Gasteiger charge is 2.29. The van der Waals surface area contributed by atoms with Crippen molar-refractivity contribution in [1.29, 1.82) is 0 Å². The summed E-state index contributed by atoms with van der Waals surface area (Å²) in [5.74, 6) is -2.14. The van der Waals surface area contributed by atoms with Crippen molar-refractivity contribution in [3.8, 4) is 0 Å². The second-order valence-electron chi connectivity index (χ2n) is 4.14. The minimum absolute atomic E-state index is 0.171. The standard InChI is InChI=1S/C14H14F2O2/c1-5-14(4,18-13(17)9(2)3)10-6-11(15)8-12(16)7-10/h5-8H,1-2H2,3-4H3. The lowest BCUT2D eigenvalue weighted by Crippen LogP contribution is -2.27. The van der Waals surface area contributed by atoms with E-state index < -0.39 is 23.2 Å². The van der Waals surface area contributed by atoms with E-state index in [1.807, 2.05) is 0 Å². The Morgan fingerprint density at radius 1 is 1.33 bits per heavy atom. The van der Waals surface area contributed by atoms with Crippen LogP contribution >= 0.6 is 0 Å². The first-order valence-electron chi connectivity index (χ1n) is 5.27. The molecule has 1 aromatic rings. The molecule has 0 aliphatic rings.